The Hall–Kier alpha value is -3.85. The molecule has 4 rings (SSSR count). The zero-order valence-electron chi connectivity index (χ0n) is 18.6. The van der Waals surface area contributed by atoms with Crippen molar-refractivity contribution in [3.05, 3.63) is 71.9 Å². The van der Waals surface area contributed by atoms with E-state index in [-0.39, 0.29) is 11.6 Å². The van der Waals surface area contributed by atoms with Gasteiger partial charge in [-0.3, -0.25) is 0 Å². The maximum absolute atomic E-state index is 13.6. The predicted molar refractivity (Wildman–Crippen MR) is 126 cm³/mol. The Labute approximate surface area is 196 Å². The van der Waals surface area contributed by atoms with Crippen LogP contribution < -0.4 is 10.2 Å². The quantitative estimate of drug-likeness (QED) is 0.404. The number of benzene rings is 2. The van der Waals surface area contributed by atoms with Crippen LogP contribution in [-0.2, 0) is 14.3 Å². The SMILES string of the molecule is CCOC(=O)C=Cc1cccc(-c2cnc(Nc3cc(F)cc(F)c3)nc2N2CCOCC2)c1. The lowest BCUT2D eigenvalue weighted by Gasteiger charge is -2.29. The van der Waals surface area contributed by atoms with E-state index in [0.717, 1.165) is 22.8 Å². The maximum Gasteiger partial charge on any atom is 0.330 e. The van der Waals surface area contributed by atoms with Gasteiger partial charge in [-0.15, -0.1) is 0 Å². The maximum atomic E-state index is 13.6. The molecule has 0 radical (unpaired) electrons. The highest BCUT2D eigenvalue weighted by atomic mass is 19.1. The van der Waals surface area contributed by atoms with Gasteiger partial charge < -0.3 is 19.7 Å². The zero-order valence-corrected chi connectivity index (χ0v) is 18.6. The molecule has 176 valence electrons. The molecule has 0 amide bonds. The molecule has 0 bridgehead atoms. The third-order valence-corrected chi connectivity index (χ3v) is 5.09. The van der Waals surface area contributed by atoms with Crippen molar-refractivity contribution in [1.82, 2.24) is 9.97 Å². The number of hydrogen-bond acceptors (Lipinski definition) is 7. The fourth-order valence-electron chi connectivity index (χ4n) is 3.57. The second-order valence-corrected chi connectivity index (χ2v) is 7.52. The first-order valence-corrected chi connectivity index (χ1v) is 10.9. The minimum Gasteiger partial charge on any atom is -0.463 e. The summed E-state index contributed by atoms with van der Waals surface area (Å²) < 4.78 is 37.6. The summed E-state index contributed by atoms with van der Waals surface area (Å²) >= 11 is 0. The van der Waals surface area contributed by atoms with Gasteiger partial charge in [-0.25, -0.2) is 18.6 Å². The molecule has 0 aliphatic carbocycles. The van der Waals surface area contributed by atoms with Gasteiger partial charge in [0.15, 0.2) is 0 Å². The van der Waals surface area contributed by atoms with Crippen molar-refractivity contribution in [2.45, 2.75) is 6.92 Å². The highest BCUT2D eigenvalue weighted by Gasteiger charge is 2.19. The monoisotopic (exact) mass is 466 g/mol. The van der Waals surface area contributed by atoms with Crippen molar-refractivity contribution in [3.8, 4) is 11.1 Å². The highest BCUT2D eigenvalue weighted by Crippen LogP contribution is 2.31. The van der Waals surface area contributed by atoms with E-state index in [2.05, 4.69) is 20.2 Å². The number of nitrogens with zero attached hydrogens (tertiary/aromatic N) is 3. The van der Waals surface area contributed by atoms with Crippen LogP contribution in [0, 0.1) is 11.6 Å². The van der Waals surface area contributed by atoms with Crippen LogP contribution in [0.1, 0.15) is 12.5 Å². The van der Waals surface area contributed by atoms with Gasteiger partial charge in [0.1, 0.15) is 17.5 Å². The zero-order chi connectivity index (χ0) is 23.9. The molecule has 1 N–H and O–H groups in total. The first-order chi connectivity index (χ1) is 16.5. The second kappa shape index (κ2) is 10.8. The minimum atomic E-state index is -0.694. The van der Waals surface area contributed by atoms with Crippen LogP contribution >= 0.6 is 0 Å². The number of aromatic nitrogens is 2. The van der Waals surface area contributed by atoms with Gasteiger partial charge in [0.05, 0.1) is 19.8 Å². The van der Waals surface area contributed by atoms with Gasteiger partial charge in [0.2, 0.25) is 5.95 Å². The average molecular weight is 466 g/mol. The summed E-state index contributed by atoms with van der Waals surface area (Å²) in [6.07, 6.45) is 4.74. The molecule has 0 atom stereocenters. The molecule has 34 heavy (non-hydrogen) atoms. The topological polar surface area (TPSA) is 76.6 Å². The van der Waals surface area contributed by atoms with Crippen LogP contribution in [0.2, 0.25) is 0 Å². The number of carbonyl (C=O) groups excluding carboxylic acids is 1. The Morgan fingerprint density at radius 1 is 1.18 bits per heavy atom. The Morgan fingerprint density at radius 3 is 2.68 bits per heavy atom. The predicted octanol–water partition coefficient (Wildman–Crippen LogP) is 4.58. The molecule has 1 fully saturated rings. The molecule has 1 aromatic heterocycles. The van der Waals surface area contributed by atoms with Crippen LogP contribution in [0.3, 0.4) is 0 Å². The third kappa shape index (κ3) is 5.93. The molecule has 1 saturated heterocycles. The summed E-state index contributed by atoms with van der Waals surface area (Å²) in [4.78, 5) is 22.8. The van der Waals surface area contributed by atoms with E-state index in [1.807, 2.05) is 24.3 Å². The fourth-order valence-corrected chi connectivity index (χ4v) is 3.57. The van der Waals surface area contributed by atoms with E-state index in [0.29, 0.717) is 38.7 Å². The van der Waals surface area contributed by atoms with Crippen molar-refractivity contribution in [2.75, 3.05) is 43.1 Å². The molecule has 0 saturated carbocycles. The van der Waals surface area contributed by atoms with E-state index in [4.69, 9.17) is 9.47 Å². The standard InChI is InChI=1S/C25H24F2N4O3/c1-2-34-23(32)7-6-17-4-3-5-18(12-17)22-16-28-25(29-21-14-19(26)13-20(27)15-21)30-24(22)31-8-10-33-11-9-31/h3-7,12-16H,2,8-11H2,1H3,(H,28,29,30). The van der Waals surface area contributed by atoms with E-state index >= 15 is 0 Å². The van der Waals surface area contributed by atoms with Crippen LogP contribution in [-0.4, -0.2) is 48.8 Å². The van der Waals surface area contributed by atoms with Crippen molar-refractivity contribution in [3.63, 3.8) is 0 Å². The Kier molecular flexibility index (Phi) is 7.44. The number of nitrogens with one attached hydrogen (secondary N) is 1. The lowest BCUT2D eigenvalue weighted by Crippen LogP contribution is -2.37. The third-order valence-electron chi connectivity index (χ3n) is 5.09. The largest absolute Gasteiger partial charge is 0.463 e. The molecule has 9 heteroatoms. The lowest BCUT2D eigenvalue weighted by molar-refractivity contribution is -0.137. The van der Waals surface area contributed by atoms with Crippen LogP contribution in [0.4, 0.5) is 26.2 Å². The number of halogens is 2. The molecule has 0 unspecified atom stereocenters. The van der Waals surface area contributed by atoms with Crippen molar-refractivity contribution in [1.29, 1.82) is 0 Å². The van der Waals surface area contributed by atoms with Crippen LogP contribution in [0.15, 0.2) is 54.7 Å². The first kappa shape index (κ1) is 23.3. The fraction of sp³-hybridized carbons (Fsp3) is 0.240. The number of hydrogen-bond donors (Lipinski definition) is 1. The summed E-state index contributed by atoms with van der Waals surface area (Å²) in [6.45, 7) is 4.46. The molecule has 2 heterocycles. The number of anilines is 3. The first-order valence-electron chi connectivity index (χ1n) is 10.9. The number of ether oxygens (including phenoxy) is 2. The second-order valence-electron chi connectivity index (χ2n) is 7.52. The summed E-state index contributed by atoms with van der Waals surface area (Å²) in [5.74, 6) is -0.910. The molecule has 1 aliphatic rings. The van der Waals surface area contributed by atoms with Gasteiger partial charge in [0.25, 0.3) is 0 Å². The Morgan fingerprint density at radius 2 is 1.94 bits per heavy atom. The minimum absolute atomic E-state index is 0.212. The van der Waals surface area contributed by atoms with E-state index < -0.39 is 17.6 Å². The summed E-state index contributed by atoms with van der Waals surface area (Å²) in [7, 11) is 0. The summed E-state index contributed by atoms with van der Waals surface area (Å²) in [5.41, 5.74) is 2.67. The molecule has 1 aliphatic heterocycles. The summed E-state index contributed by atoms with van der Waals surface area (Å²) in [6, 6.07) is 10.8. The van der Waals surface area contributed by atoms with Crippen LogP contribution in [0.25, 0.3) is 17.2 Å². The van der Waals surface area contributed by atoms with E-state index in [9.17, 15) is 13.6 Å². The molecule has 7 nitrogen and oxygen atoms in total. The lowest BCUT2D eigenvalue weighted by atomic mass is 10.0. The molecule has 2 aromatic carbocycles. The Bertz CT molecular complexity index is 1180. The number of carbonyl (C=O) groups is 1. The van der Waals surface area contributed by atoms with E-state index in [1.165, 1.54) is 18.2 Å². The molecular weight excluding hydrogens is 442 g/mol. The molecular formula is C25H24F2N4O3. The van der Waals surface area contributed by atoms with Gasteiger partial charge in [0, 0.05) is 42.7 Å². The van der Waals surface area contributed by atoms with Gasteiger partial charge >= 0.3 is 5.97 Å². The van der Waals surface area contributed by atoms with Gasteiger partial charge in [-0.2, -0.15) is 4.98 Å². The molecule has 3 aromatic rings. The summed E-state index contributed by atoms with van der Waals surface area (Å²) in [5, 5.41) is 2.88. The van der Waals surface area contributed by atoms with Crippen molar-refractivity contribution >= 4 is 29.5 Å². The number of rotatable bonds is 7. The molecule has 0 spiro atoms. The van der Waals surface area contributed by atoms with Gasteiger partial charge in [-0.1, -0.05) is 18.2 Å². The normalized spacial score (nSPS) is 13.8. The Balaban J connectivity index is 1.68. The average Bonchev–Trinajstić information content (AvgIpc) is 2.83. The van der Waals surface area contributed by atoms with E-state index in [1.54, 1.807) is 19.2 Å². The van der Waals surface area contributed by atoms with Crippen molar-refractivity contribution in [2.24, 2.45) is 0 Å². The smallest absolute Gasteiger partial charge is 0.330 e. The van der Waals surface area contributed by atoms with Crippen molar-refractivity contribution < 1.29 is 23.0 Å². The highest BCUT2D eigenvalue weighted by molar-refractivity contribution is 5.87. The number of morpholine rings is 1. The number of esters is 1. The van der Waals surface area contributed by atoms with Crippen LogP contribution in [0.5, 0.6) is 0 Å². The van der Waals surface area contributed by atoms with Gasteiger partial charge in [-0.05, 0) is 42.3 Å².